The molecule has 1 saturated carbocycles. The summed E-state index contributed by atoms with van der Waals surface area (Å²) in [5, 5.41) is 2.19. The van der Waals surface area contributed by atoms with E-state index in [1.54, 1.807) is 11.3 Å². The number of aliphatic imine (C=N–C) groups is 1. The zero-order valence-corrected chi connectivity index (χ0v) is 14.7. The van der Waals surface area contributed by atoms with Crippen molar-refractivity contribution in [1.82, 2.24) is 0 Å². The number of rotatable bonds is 2. The van der Waals surface area contributed by atoms with Crippen LogP contribution in [0.3, 0.4) is 0 Å². The number of benzene rings is 1. The second kappa shape index (κ2) is 5.39. The average molecular weight is 336 g/mol. The fraction of sp³-hybridized carbons (Fsp3) is 0.350. The molecular formula is C20H20N2OS. The van der Waals surface area contributed by atoms with Gasteiger partial charge in [0, 0.05) is 16.9 Å². The molecular weight excluding hydrogens is 316 g/mol. The normalized spacial score (nSPS) is 23.8. The van der Waals surface area contributed by atoms with E-state index in [1.807, 2.05) is 13.0 Å². The Hall–Kier alpha value is -2.25. The van der Waals surface area contributed by atoms with Gasteiger partial charge in [-0.05, 0) is 61.4 Å². The Labute approximate surface area is 146 Å². The predicted molar refractivity (Wildman–Crippen MR) is 98.9 cm³/mol. The number of ether oxygens (including phenoxy) is 1. The van der Waals surface area contributed by atoms with Gasteiger partial charge < -0.3 is 10.5 Å². The number of thiophene rings is 1. The lowest BCUT2D eigenvalue weighted by Gasteiger charge is -2.34. The second-order valence-electron chi connectivity index (χ2n) is 6.84. The van der Waals surface area contributed by atoms with E-state index in [9.17, 15) is 0 Å². The van der Waals surface area contributed by atoms with Crippen LogP contribution in [0.2, 0.25) is 0 Å². The van der Waals surface area contributed by atoms with Crippen LogP contribution in [0.25, 0.3) is 11.1 Å². The summed E-state index contributed by atoms with van der Waals surface area (Å²) in [5.74, 6) is 6.07. The fourth-order valence-corrected chi connectivity index (χ4v) is 4.47. The van der Waals surface area contributed by atoms with E-state index in [1.165, 1.54) is 16.0 Å². The van der Waals surface area contributed by atoms with Crippen LogP contribution in [-0.2, 0) is 10.3 Å². The molecule has 4 heteroatoms. The minimum Gasteiger partial charge on any atom is -0.459 e. The molecule has 0 radical (unpaired) electrons. The Morgan fingerprint density at radius 2 is 2.08 bits per heavy atom. The smallest absolute Gasteiger partial charge is 0.283 e. The first-order valence-corrected chi connectivity index (χ1v) is 9.07. The monoisotopic (exact) mass is 336 g/mol. The summed E-state index contributed by atoms with van der Waals surface area (Å²) in [4.78, 5) is 5.87. The lowest BCUT2D eigenvalue weighted by atomic mass is 9.90. The summed E-state index contributed by atoms with van der Waals surface area (Å²) in [5.41, 5.74) is 9.03. The van der Waals surface area contributed by atoms with Gasteiger partial charge >= 0.3 is 0 Å². The maximum Gasteiger partial charge on any atom is 0.283 e. The van der Waals surface area contributed by atoms with E-state index in [4.69, 9.17) is 10.5 Å². The Kier molecular flexibility index (Phi) is 3.43. The summed E-state index contributed by atoms with van der Waals surface area (Å²) in [6, 6.07) is 10.9. The maximum atomic E-state index is 5.95. The molecule has 2 heterocycles. The first-order chi connectivity index (χ1) is 11.5. The Balaban J connectivity index is 1.68. The average Bonchev–Trinajstić information content (AvgIpc) is 3.08. The van der Waals surface area contributed by atoms with Crippen molar-refractivity contribution in [1.29, 1.82) is 0 Å². The van der Waals surface area contributed by atoms with Crippen molar-refractivity contribution >= 4 is 17.4 Å². The molecule has 1 unspecified atom stereocenters. The number of nitrogens with zero attached hydrogens (tertiary/aromatic N) is 1. The number of nitrogens with two attached hydrogens (primary N) is 1. The highest BCUT2D eigenvalue weighted by Crippen LogP contribution is 2.52. The van der Waals surface area contributed by atoms with Crippen molar-refractivity contribution in [2.75, 3.05) is 0 Å². The van der Waals surface area contributed by atoms with Gasteiger partial charge in [0.2, 0.25) is 0 Å². The fourth-order valence-electron chi connectivity index (χ4n) is 3.44. The third-order valence-corrected chi connectivity index (χ3v) is 5.93. The molecule has 3 nitrogen and oxygen atoms in total. The zero-order chi connectivity index (χ0) is 16.8. The van der Waals surface area contributed by atoms with Crippen molar-refractivity contribution in [3.05, 3.63) is 46.2 Å². The highest BCUT2D eigenvalue weighted by Gasteiger charge is 2.54. The van der Waals surface area contributed by atoms with E-state index in [0.717, 1.165) is 24.8 Å². The number of hydrogen-bond donors (Lipinski definition) is 1. The van der Waals surface area contributed by atoms with E-state index in [2.05, 4.69) is 53.4 Å². The third kappa shape index (κ3) is 2.70. The lowest BCUT2D eigenvalue weighted by molar-refractivity contribution is 0.0985. The van der Waals surface area contributed by atoms with Crippen LogP contribution in [-0.4, -0.2) is 11.6 Å². The summed E-state index contributed by atoms with van der Waals surface area (Å²) < 4.78 is 5.75. The molecule has 1 aromatic carbocycles. The van der Waals surface area contributed by atoms with Crippen molar-refractivity contribution in [2.45, 2.75) is 44.2 Å². The highest BCUT2D eigenvalue weighted by molar-refractivity contribution is 7.10. The molecule has 2 aromatic rings. The summed E-state index contributed by atoms with van der Waals surface area (Å²) in [7, 11) is 0. The number of hydrogen-bond acceptors (Lipinski definition) is 4. The van der Waals surface area contributed by atoms with Crippen LogP contribution in [0.4, 0.5) is 0 Å². The molecule has 24 heavy (non-hydrogen) atoms. The molecule has 0 amide bonds. The van der Waals surface area contributed by atoms with Gasteiger partial charge in [-0.3, -0.25) is 0 Å². The molecule has 0 bridgehead atoms. The van der Waals surface area contributed by atoms with Crippen molar-refractivity contribution in [2.24, 2.45) is 10.7 Å². The van der Waals surface area contributed by atoms with Gasteiger partial charge in [-0.1, -0.05) is 18.1 Å². The van der Waals surface area contributed by atoms with Gasteiger partial charge in [0.1, 0.15) is 11.1 Å². The summed E-state index contributed by atoms with van der Waals surface area (Å²) >= 11 is 1.75. The molecule has 2 N–H and O–H groups in total. The van der Waals surface area contributed by atoms with Gasteiger partial charge in [0.05, 0.1) is 0 Å². The molecule has 4 rings (SSSR count). The van der Waals surface area contributed by atoms with Crippen LogP contribution in [0.1, 0.15) is 43.6 Å². The Morgan fingerprint density at radius 3 is 2.83 bits per heavy atom. The van der Waals surface area contributed by atoms with Crippen LogP contribution >= 0.6 is 11.3 Å². The van der Waals surface area contributed by atoms with Crippen molar-refractivity contribution in [3.8, 4) is 23.0 Å². The van der Waals surface area contributed by atoms with Gasteiger partial charge in [0.25, 0.3) is 6.02 Å². The quantitative estimate of drug-likeness (QED) is 0.833. The SMILES string of the molecule is CC#Cc1cccc(-c2csc(C3(C)CC4(CC4)OC(N)=N3)c2)c1. The minimum absolute atomic E-state index is 0.0681. The van der Waals surface area contributed by atoms with Crippen LogP contribution in [0.5, 0.6) is 0 Å². The first-order valence-electron chi connectivity index (χ1n) is 8.19. The van der Waals surface area contributed by atoms with E-state index < -0.39 is 0 Å². The molecule has 1 aromatic heterocycles. The summed E-state index contributed by atoms with van der Waals surface area (Å²) in [6.45, 7) is 4.02. The second-order valence-corrected chi connectivity index (χ2v) is 7.75. The van der Waals surface area contributed by atoms with E-state index in [-0.39, 0.29) is 11.1 Å². The molecule has 1 atom stereocenters. The molecule has 2 aliphatic rings. The molecule has 1 fully saturated rings. The molecule has 122 valence electrons. The van der Waals surface area contributed by atoms with E-state index >= 15 is 0 Å². The molecule has 1 aliphatic carbocycles. The van der Waals surface area contributed by atoms with Crippen molar-refractivity contribution in [3.63, 3.8) is 0 Å². The highest BCUT2D eigenvalue weighted by atomic mass is 32.1. The maximum absolute atomic E-state index is 5.95. The van der Waals surface area contributed by atoms with Gasteiger partial charge in [-0.25, -0.2) is 4.99 Å². The lowest BCUT2D eigenvalue weighted by Crippen LogP contribution is -2.40. The third-order valence-electron chi connectivity index (χ3n) is 4.75. The van der Waals surface area contributed by atoms with Gasteiger partial charge in [-0.2, -0.15) is 0 Å². The Bertz CT molecular complexity index is 882. The minimum atomic E-state index is -0.289. The van der Waals surface area contributed by atoms with Crippen molar-refractivity contribution < 1.29 is 4.74 Å². The van der Waals surface area contributed by atoms with Gasteiger partial charge in [-0.15, -0.1) is 17.3 Å². The molecule has 0 saturated heterocycles. The molecule has 1 spiro atoms. The Morgan fingerprint density at radius 1 is 1.25 bits per heavy atom. The molecule has 1 aliphatic heterocycles. The van der Waals surface area contributed by atoms with Crippen LogP contribution in [0, 0.1) is 11.8 Å². The van der Waals surface area contributed by atoms with E-state index in [0.29, 0.717) is 6.02 Å². The number of amidine groups is 1. The topological polar surface area (TPSA) is 47.6 Å². The van der Waals surface area contributed by atoms with Gasteiger partial charge in [0.15, 0.2) is 0 Å². The van der Waals surface area contributed by atoms with Crippen LogP contribution < -0.4 is 5.73 Å². The first kappa shape index (κ1) is 15.3. The zero-order valence-electron chi connectivity index (χ0n) is 13.9. The largest absolute Gasteiger partial charge is 0.459 e. The van der Waals surface area contributed by atoms with Crippen LogP contribution in [0.15, 0.2) is 40.7 Å². The standard InChI is InChI=1S/C20H20N2OS/c1-3-5-14-6-4-7-15(10-14)16-11-17(24-12-16)19(2)13-20(8-9-20)23-18(21)22-19/h4,6-7,10-12H,8-9,13H2,1-2H3,(H2,21,22). The predicted octanol–water partition coefficient (Wildman–Crippen LogP) is 4.27. The summed E-state index contributed by atoms with van der Waals surface area (Å²) in [6.07, 6.45) is 3.06.